The first-order valence-electron chi connectivity index (χ1n) is 6.19. The van der Waals surface area contributed by atoms with Gasteiger partial charge in [0.05, 0.1) is 0 Å². The number of hydrogen-bond donors (Lipinski definition) is 1. The number of hydrogen-bond acceptors (Lipinski definition) is 2. The molecule has 1 aliphatic carbocycles. The molecule has 1 heterocycles. The van der Waals surface area contributed by atoms with E-state index in [9.17, 15) is 4.79 Å². The van der Waals surface area contributed by atoms with Crippen LogP contribution in [-0.4, -0.2) is 17.4 Å². The van der Waals surface area contributed by atoms with Crippen molar-refractivity contribution in [1.29, 1.82) is 0 Å². The van der Waals surface area contributed by atoms with Gasteiger partial charge in [-0.1, -0.05) is 18.2 Å². The minimum absolute atomic E-state index is 0.170. The Labute approximate surface area is 102 Å². The smallest absolute Gasteiger partial charge is 0.223 e. The van der Waals surface area contributed by atoms with Crippen molar-refractivity contribution in [1.82, 2.24) is 10.3 Å². The lowest BCUT2D eigenvalue weighted by Crippen LogP contribution is -2.32. The van der Waals surface area contributed by atoms with E-state index in [0.717, 1.165) is 31.4 Å². The van der Waals surface area contributed by atoms with Gasteiger partial charge in [-0.05, 0) is 31.4 Å². The van der Waals surface area contributed by atoms with Crippen LogP contribution >= 0.6 is 0 Å². The van der Waals surface area contributed by atoms with Gasteiger partial charge in [0, 0.05) is 30.8 Å². The Bertz CT molecular complexity index is 386. The highest BCUT2D eigenvalue weighted by atomic mass is 16.1. The average molecular weight is 230 g/mol. The zero-order valence-corrected chi connectivity index (χ0v) is 9.93. The summed E-state index contributed by atoms with van der Waals surface area (Å²) in [5.41, 5.74) is 1.02. The SMILES string of the molecule is O=C(NCCc1ccccn1)[C@@H]1CC=CCC1. The van der Waals surface area contributed by atoms with Gasteiger partial charge in [-0.15, -0.1) is 0 Å². The number of nitrogens with zero attached hydrogens (tertiary/aromatic N) is 1. The molecular weight excluding hydrogens is 212 g/mol. The van der Waals surface area contributed by atoms with E-state index in [0.29, 0.717) is 6.54 Å². The third-order valence-electron chi connectivity index (χ3n) is 3.05. The van der Waals surface area contributed by atoms with Crippen LogP contribution in [0.15, 0.2) is 36.5 Å². The zero-order valence-electron chi connectivity index (χ0n) is 9.93. The second-order valence-corrected chi connectivity index (χ2v) is 4.34. The highest BCUT2D eigenvalue weighted by Crippen LogP contribution is 2.17. The van der Waals surface area contributed by atoms with Gasteiger partial charge < -0.3 is 5.32 Å². The summed E-state index contributed by atoms with van der Waals surface area (Å²) in [7, 11) is 0. The maximum Gasteiger partial charge on any atom is 0.223 e. The minimum Gasteiger partial charge on any atom is -0.355 e. The third kappa shape index (κ3) is 3.70. The monoisotopic (exact) mass is 230 g/mol. The number of pyridine rings is 1. The molecule has 1 amide bonds. The van der Waals surface area contributed by atoms with Crippen molar-refractivity contribution < 1.29 is 4.79 Å². The molecule has 1 aromatic heterocycles. The summed E-state index contributed by atoms with van der Waals surface area (Å²) >= 11 is 0. The van der Waals surface area contributed by atoms with Crippen molar-refractivity contribution in [3.63, 3.8) is 0 Å². The fourth-order valence-corrected chi connectivity index (χ4v) is 2.04. The molecule has 3 heteroatoms. The predicted molar refractivity (Wildman–Crippen MR) is 67.4 cm³/mol. The quantitative estimate of drug-likeness (QED) is 0.805. The van der Waals surface area contributed by atoms with E-state index in [4.69, 9.17) is 0 Å². The molecule has 0 radical (unpaired) electrons. The molecule has 1 aliphatic rings. The predicted octanol–water partition coefficient (Wildman–Crippen LogP) is 2.10. The molecule has 1 aromatic rings. The van der Waals surface area contributed by atoms with Gasteiger partial charge in [-0.2, -0.15) is 0 Å². The van der Waals surface area contributed by atoms with E-state index in [-0.39, 0.29) is 11.8 Å². The highest BCUT2D eigenvalue weighted by molar-refractivity contribution is 5.78. The maximum absolute atomic E-state index is 11.8. The van der Waals surface area contributed by atoms with Gasteiger partial charge in [-0.25, -0.2) is 0 Å². The molecule has 1 N–H and O–H groups in total. The fraction of sp³-hybridized carbons (Fsp3) is 0.429. The number of aromatic nitrogens is 1. The van der Waals surface area contributed by atoms with Crippen LogP contribution in [0.4, 0.5) is 0 Å². The Morgan fingerprint density at radius 1 is 1.41 bits per heavy atom. The molecule has 0 bridgehead atoms. The molecule has 0 aromatic carbocycles. The van der Waals surface area contributed by atoms with E-state index in [1.807, 2.05) is 18.2 Å². The lowest BCUT2D eigenvalue weighted by molar-refractivity contribution is -0.125. The van der Waals surface area contributed by atoms with Crippen molar-refractivity contribution in [2.24, 2.45) is 5.92 Å². The lowest BCUT2D eigenvalue weighted by Gasteiger charge is -2.17. The minimum atomic E-state index is 0.170. The van der Waals surface area contributed by atoms with Crippen LogP contribution in [0.5, 0.6) is 0 Å². The van der Waals surface area contributed by atoms with Crippen molar-refractivity contribution >= 4 is 5.91 Å². The molecule has 0 saturated heterocycles. The van der Waals surface area contributed by atoms with Gasteiger partial charge in [0.15, 0.2) is 0 Å². The molecule has 17 heavy (non-hydrogen) atoms. The highest BCUT2D eigenvalue weighted by Gasteiger charge is 2.17. The molecule has 1 atom stereocenters. The average Bonchev–Trinajstić information content (AvgIpc) is 2.41. The summed E-state index contributed by atoms with van der Waals surface area (Å²) < 4.78 is 0. The first-order chi connectivity index (χ1) is 8.36. The molecule has 0 unspecified atom stereocenters. The zero-order chi connectivity index (χ0) is 11.9. The molecular formula is C14H18N2O. The number of amides is 1. The fourth-order valence-electron chi connectivity index (χ4n) is 2.04. The van der Waals surface area contributed by atoms with E-state index in [1.165, 1.54) is 0 Å². The molecule has 0 fully saturated rings. The van der Waals surface area contributed by atoms with Gasteiger partial charge >= 0.3 is 0 Å². The van der Waals surface area contributed by atoms with Crippen LogP contribution in [0, 0.1) is 5.92 Å². The number of carbonyl (C=O) groups excluding carboxylic acids is 1. The molecule has 2 rings (SSSR count). The van der Waals surface area contributed by atoms with Crippen LogP contribution < -0.4 is 5.32 Å². The largest absolute Gasteiger partial charge is 0.355 e. The Morgan fingerprint density at radius 3 is 3.06 bits per heavy atom. The van der Waals surface area contributed by atoms with Crippen molar-refractivity contribution in [3.05, 3.63) is 42.2 Å². The van der Waals surface area contributed by atoms with E-state index in [1.54, 1.807) is 6.20 Å². The van der Waals surface area contributed by atoms with Crippen molar-refractivity contribution in [3.8, 4) is 0 Å². The van der Waals surface area contributed by atoms with Crippen molar-refractivity contribution in [2.45, 2.75) is 25.7 Å². The molecule has 3 nitrogen and oxygen atoms in total. The van der Waals surface area contributed by atoms with Crippen molar-refractivity contribution in [2.75, 3.05) is 6.54 Å². The Kier molecular flexibility index (Phi) is 4.30. The number of allylic oxidation sites excluding steroid dienone is 2. The Morgan fingerprint density at radius 2 is 2.35 bits per heavy atom. The van der Waals surface area contributed by atoms with E-state index < -0.39 is 0 Å². The Balaban J connectivity index is 1.71. The lowest BCUT2D eigenvalue weighted by atomic mass is 9.94. The summed E-state index contributed by atoms with van der Waals surface area (Å²) in [4.78, 5) is 16.0. The standard InChI is InChI=1S/C14H18N2O/c17-14(12-6-2-1-3-7-12)16-11-9-13-8-4-5-10-15-13/h1-2,4-5,8,10,12H,3,6-7,9,11H2,(H,16,17)/t12-/m1/s1. The Hall–Kier alpha value is -1.64. The van der Waals surface area contributed by atoms with Crippen LogP contribution in [0.2, 0.25) is 0 Å². The summed E-state index contributed by atoms with van der Waals surface area (Å²) in [6.45, 7) is 0.677. The molecule has 0 aliphatic heterocycles. The third-order valence-corrected chi connectivity index (χ3v) is 3.05. The maximum atomic E-state index is 11.8. The molecule has 0 spiro atoms. The van der Waals surface area contributed by atoms with Crippen LogP contribution in [0.3, 0.4) is 0 Å². The first kappa shape index (κ1) is 11.8. The summed E-state index contributed by atoms with van der Waals surface area (Å²) in [6.07, 6.45) is 9.72. The number of rotatable bonds is 4. The summed E-state index contributed by atoms with van der Waals surface area (Å²) in [5.74, 6) is 0.356. The van der Waals surface area contributed by atoms with Crippen LogP contribution in [-0.2, 0) is 11.2 Å². The van der Waals surface area contributed by atoms with E-state index in [2.05, 4.69) is 22.5 Å². The molecule has 0 saturated carbocycles. The normalized spacial score (nSPS) is 18.9. The molecule has 90 valence electrons. The second kappa shape index (κ2) is 6.18. The summed E-state index contributed by atoms with van der Waals surface area (Å²) in [5, 5.41) is 2.99. The first-order valence-corrected chi connectivity index (χ1v) is 6.19. The second-order valence-electron chi connectivity index (χ2n) is 4.34. The van der Waals surface area contributed by atoms with E-state index >= 15 is 0 Å². The summed E-state index contributed by atoms with van der Waals surface area (Å²) in [6, 6.07) is 5.85. The van der Waals surface area contributed by atoms with Gasteiger partial charge in [0.25, 0.3) is 0 Å². The van der Waals surface area contributed by atoms with Crippen LogP contribution in [0.1, 0.15) is 25.0 Å². The van der Waals surface area contributed by atoms with Gasteiger partial charge in [0.1, 0.15) is 0 Å². The number of carbonyl (C=O) groups is 1. The topological polar surface area (TPSA) is 42.0 Å². The van der Waals surface area contributed by atoms with Gasteiger partial charge in [-0.3, -0.25) is 9.78 Å². The van der Waals surface area contributed by atoms with Gasteiger partial charge in [0.2, 0.25) is 5.91 Å². The van der Waals surface area contributed by atoms with Crippen LogP contribution in [0.25, 0.3) is 0 Å². The number of nitrogens with one attached hydrogen (secondary N) is 1.